The molecule has 6 heteroatoms. The average Bonchev–Trinajstić information content (AvgIpc) is 2.70. The summed E-state index contributed by atoms with van der Waals surface area (Å²) in [7, 11) is 1.59. The first-order valence-corrected chi connectivity index (χ1v) is 10.2. The van der Waals surface area contributed by atoms with Gasteiger partial charge < -0.3 is 15.0 Å². The summed E-state index contributed by atoms with van der Waals surface area (Å²) in [6.07, 6.45) is 0.959. The van der Waals surface area contributed by atoms with E-state index in [1.54, 1.807) is 37.1 Å². The molecule has 1 aliphatic heterocycles. The van der Waals surface area contributed by atoms with Crippen molar-refractivity contribution < 1.29 is 18.7 Å². The number of nitrogens with zero attached hydrogens (tertiary/aromatic N) is 1. The molecule has 0 aliphatic carbocycles. The predicted octanol–water partition coefficient (Wildman–Crippen LogP) is 4.61. The van der Waals surface area contributed by atoms with Crippen molar-refractivity contribution in [1.82, 2.24) is 4.90 Å². The monoisotopic (exact) mass is 412 g/mol. The summed E-state index contributed by atoms with van der Waals surface area (Å²) in [6.45, 7) is 8.03. The highest BCUT2D eigenvalue weighted by atomic mass is 19.1. The van der Waals surface area contributed by atoms with E-state index in [9.17, 15) is 14.0 Å². The Morgan fingerprint density at radius 3 is 2.53 bits per heavy atom. The van der Waals surface area contributed by atoms with Gasteiger partial charge in [-0.3, -0.25) is 9.59 Å². The number of ether oxygens (including phenoxy) is 1. The Kier molecular flexibility index (Phi) is 6.15. The lowest BCUT2D eigenvalue weighted by Gasteiger charge is -2.36. The summed E-state index contributed by atoms with van der Waals surface area (Å²) < 4.78 is 19.9. The summed E-state index contributed by atoms with van der Waals surface area (Å²) >= 11 is 0. The molecule has 30 heavy (non-hydrogen) atoms. The average molecular weight is 413 g/mol. The van der Waals surface area contributed by atoms with Crippen molar-refractivity contribution in [3.8, 4) is 5.75 Å². The zero-order valence-corrected chi connectivity index (χ0v) is 18.2. The summed E-state index contributed by atoms with van der Waals surface area (Å²) in [4.78, 5) is 27.4. The van der Waals surface area contributed by atoms with Gasteiger partial charge in [0, 0.05) is 18.7 Å². The first-order chi connectivity index (χ1) is 14.2. The molecule has 5 nitrogen and oxygen atoms in total. The maximum Gasteiger partial charge on any atom is 0.251 e. The third-order valence-electron chi connectivity index (χ3n) is 5.49. The van der Waals surface area contributed by atoms with Crippen molar-refractivity contribution in [1.29, 1.82) is 0 Å². The zero-order valence-electron chi connectivity index (χ0n) is 18.2. The number of fused-ring (bicyclic) bond motifs is 1. The molecule has 2 amide bonds. The molecule has 0 bridgehead atoms. The van der Waals surface area contributed by atoms with Crippen LogP contribution in [0.2, 0.25) is 0 Å². The first kappa shape index (κ1) is 21.8. The number of hydrogen-bond acceptors (Lipinski definition) is 3. The van der Waals surface area contributed by atoms with Crippen LogP contribution in [0.3, 0.4) is 0 Å². The molecule has 1 unspecified atom stereocenters. The Balaban J connectivity index is 1.94. The molecule has 1 atom stereocenters. The van der Waals surface area contributed by atoms with E-state index in [0.717, 1.165) is 11.1 Å². The third-order valence-corrected chi connectivity index (χ3v) is 5.49. The molecular weight excluding hydrogens is 383 g/mol. The van der Waals surface area contributed by atoms with Gasteiger partial charge in [0.25, 0.3) is 5.91 Å². The summed E-state index contributed by atoms with van der Waals surface area (Å²) in [5, 5.41) is 2.81. The number of anilines is 1. The Bertz CT molecular complexity index is 965. The topological polar surface area (TPSA) is 58.6 Å². The van der Waals surface area contributed by atoms with Crippen LogP contribution >= 0.6 is 0 Å². The van der Waals surface area contributed by atoms with Crippen molar-refractivity contribution in [3.05, 3.63) is 58.9 Å². The van der Waals surface area contributed by atoms with Gasteiger partial charge in [-0.05, 0) is 52.8 Å². The maximum absolute atomic E-state index is 14.6. The van der Waals surface area contributed by atoms with Gasteiger partial charge in [-0.2, -0.15) is 0 Å². The van der Waals surface area contributed by atoms with Crippen molar-refractivity contribution >= 4 is 17.5 Å². The highest BCUT2D eigenvalue weighted by molar-refractivity contribution is 5.98. The molecule has 0 aromatic heterocycles. The Morgan fingerprint density at radius 1 is 1.20 bits per heavy atom. The Labute approximate surface area is 177 Å². The number of hydrogen-bond donors (Lipinski definition) is 1. The van der Waals surface area contributed by atoms with E-state index in [-0.39, 0.29) is 23.0 Å². The SMILES string of the molecule is CCC(=O)N1CCc2cc(OC)ccc2C1C(=O)Nc1ccc(C(C)(C)C)c(F)c1. The normalized spacial score (nSPS) is 16.1. The second-order valence-electron chi connectivity index (χ2n) is 8.59. The maximum atomic E-state index is 14.6. The molecule has 160 valence electrons. The van der Waals surface area contributed by atoms with E-state index < -0.39 is 6.04 Å². The second-order valence-corrected chi connectivity index (χ2v) is 8.59. The lowest BCUT2D eigenvalue weighted by atomic mass is 9.86. The van der Waals surface area contributed by atoms with Crippen LogP contribution in [-0.2, 0) is 21.4 Å². The molecule has 0 fully saturated rings. The summed E-state index contributed by atoms with van der Waals surface area (Å²) in [6, 6.07) is 9.49. The predicted molar refractivity (Wildman–Crippen MR) is 115 cm³/mol. The fraction of sp³-hybridized carbons (Fsp3) is 0.417. The van der Waals surface area contributed by atoms with Gasteiger partial charge >= 0.3 is 0 Å². The second kappa shape index (κ2) is 8.46. The minimum Gasteiger partial charge on any atom is -0.497 e. The number of methoxy groups -OCH3 is 1. The standard InChI is InChI=1S/C24H29FN2O3/c1-6-21(28)27-12-11-15-13-17(30-5)8-9-18(15)22(27)23(29)26-16-7-10-19(20(25)14-16)24(2,3)4/h7-10,13-14,22H,6,11-12H2,1-5H3,(H,26,29). The smallest absolute Gasteiger partial charge is 0.251 e. The van der Waals surface area contributed by atoms with Gasteiger partial charge in [-0.25, -0.2) is 4.39 Å². The van der Waals surface area contributed by atoms with Crippen molar-refractivity contribution in [2.75, 3.05) is 19.0 Å². The van der Waals surface area contributed by atoms with Gasteiger partial charge in [0.15, 0.2) is 0 Å². The fourth-order valence-electron chi connectivity index (χ4n) is 3.90. The summed E-state index contributed by atoms with van der Waals surface area (Å²) in [5.74, 6) is -0.102. The number of carbonyl (C=O) groups excluding carboxylic acids is 2. The van der Waals surface area contributed by atoms with Crippen LogP contribution in [0.15, 0.2) is 36.4 Å². The van der Waals surface area contributed by atoms with Crippen LogP contribution < -0.4 is 10.1 Å². The van der Waals surface area contributed by atoms with Gasteiger partial charge in [0.2, 0.25) is 5.91 Å². The minimum absolute atomic E-state index is 0.0918. The quantitative estimate of drug-likeness (QED) is 0.798. The number of carbonyl (C=O) groups is 2. The molecule has 1 N–H and O–H groups in total. The molecule has 0 saturated heterocycles. The summed E-state index contributed by atoms with van der Waals surface area (Å²) in [5.41, 5.74) is 2.36. The molecule has 0 spiro atoms. The third kappa shape index (κ3) is 4.32. The number of amides is 2. The molecule has 1 aliphatic rings. The van der Waals surface area contributed by atoms with E-state index in [1.807, 2.05) is 32.9 Å². The van der Waals surface area contributed by atoms with Crippen molar-refractivity contribution in [2.45, 2.75) is 52.0 Å². The van der Waals surface area contributed by atoms with E-state index in [4.69, 9.17) is 4.74 Å². The Morgan fingerprint density at radius 2 is 1.93 bits per heavy atom. The zero-order chi connectivity index (χ0) is 22.1. The highest BCUT2D eigenvalue weighted by Gasteiger charge is 2.35. The van der Waals surface area contributed by atoms with Crippen LogP contribution in [0.25, 0.3) is 0 Å². The Hall–Kier alpha value is -2.89. The van der Waals surface area contributed by atoms with Crippen molar-refractivity contribution in [3.63, 3.8) is 0 Å². The van der Waals surface area contributed by atoms with Crippen molar-refractivity contribution in [2.24, 2.45) is 0 Å². The van der Waals surface area contributed by atoms with Gasteiger partial charge in [-0.15, -0.1) is 0 Å². The largest absolute Gasteiger partial charge is 0.497 e. The number of nitrogens with one attached hydrogen (secondary N) is 1. The van der Waals surface area contributed by atoms with Crippen LogP contribution in [0.1, 0.15) is 56.8 Å². The van der Waals surface area contributed by atoms with Crippen LogP contribution in [0.5, 0.6) is 5.75 Å². The van der Waals surface area contributed by atoms with Gasteiger partial charge in [0.05, 0.1) is 7.11 Å². The van der Waals surface area contributed by atoms with Crippen LogP contribution in [-0.4, -0.2) is 30.4 Å². The van der Waals surface area contributed by atoms with Gasteiger partial charge in [-0.1, -0.05) is 39.8 Å². The van der Waals surface area contributed by atoms with Gasteiger partial charge in [0.1, 0.15) is 17.6 Å². The number of benzene rings is 2. The lowest BCUT2D eigenvalue weighted by molar-refractivity contribution is -0.139. The van der Waals surface area contributed by atoms with E-state index >= 15 is 0 Å². The van der Waals surface area contributed by atoms with E-state index in [0.29, 0.717) is 36.4 Å². The van der Waals surface area contributed by atoms with E-state index in [1.165, 1.54) is 6.07 Å². The highest BCUT2D eigenvalue weighted by Crippen LogP contribution is 2.34. The molecule has 0 saturated carbocycles. The molecule has 3 rings (SSSR count). The van der Waals surface area contributed by atoms with Crippen LogP contribution in [0.4, 0.5) is 10.1 Å². The first-order valence-electron chi connectivity index (χ1n) is 10.2. The van der Waals surface area contributed by atoms with Crippen LogP contribution in [0, 0.1) is 5.82 Å². The van der Waals surface area contributed by atoms with E-state index in [2.05, 4.69) is 5.32 Å². The molecule has 2 aromatic rings. The minimum atomic E-state index is -0.766. The molecular formula is C24H29FN2O3. The fourth-order valence-corrected chi connectivity index (χ4v) is 3.90. The number of rotatable bonds is 4. The lowest BCUT2D eigenvalue weighted by Crippen LogP contribution is -2.45. The molecule has 1 heterocycles. The molecule has 0 radical (unpaired) electrons. The molecule has 2 aromatic carbocycles. The number of halogens is 1.